The van der Waals surface area contributed by atoms with Crippen LogP contribution in [-0.4, -0.2) is 96.7 Å². The monoisotopic (exact) mass is 1230 g/mol. The molecule has 0 spiro atoms. The van der Waals surface area contributed by atoms with E-state index >= 15 is 0 Å². The molecule has 3 unspecified atom stereocenters. The van der Waals surface area contributed by atoms with Crippen molar-refractivity contribution in [2.45, 2.75) is 336 Å². The number of unbranched alkanes of at least 4 members (excludes halogenated alkanes) is 32. The standard InChI is InChI=1S/C64H124O17P2/c1-7-10-12-14-16-18-23-27-34-40-46-61(66)74-52-59(80-64(69)49-43-37-29-25-21-20-22-26-33-39-45-57(6)9-3)54-78-82(70,71)76-50-58(65)51-77-83(72,73)79-55-60(53-75-62(67)47-41-35-31-30-32-38-44-56(4)5)81-63(68)48-42-36-28-24-19-17-15-13-11-8-2/h56-60,65H,7-55H2,1-6H3,(H,70,71)(H,72,73)/t57?,58-,59-,60-/m1/s1. The van der Waals surface area contributed by atoms with Crippen molar-refractivity contribution in [2.75, 3.05) is 39.6 Å². The van der Waals surface area contributed by atoms with Crippen LogP contribution in [0.15, 0.2) is 0 Å². The number of aliphatic hydroxyl groups excluding tert-OH is 1. The highest BCUT2D eigenvalue weighted by Gasteiger charge is 2.30. The fourth-order valence-electron chi connectivity index (χ4n) is 9.50. The molecular weight excluding hydrogens is 1100 g/mol. The number of hydrogen-bond acceptors (Lipinski definition) is 15. The van der Waals surface area contributed by atoms with Gasteiger partial charge in [0.25, 0.3) is 0 Å². The number of carbonyl (C=O) groups excluding carboxylic acids is 4. The predicted molar refractivity (Wildman–Crippen MR) is 331 cm³/mol. The minimum Gasteiger partial charge on any atom is -0.462 e. The molecule has 0 saturated heterocycles. The summed E-state index contributed by atoms with van der Waals surface area (Å²) in [5.74, 6) is -0.652. The molecule has 6 atom stereocenters. The van der Waals surface area contributed by atoms with Crippen LogP contribution in [0.25, 0.3) is 0 Å². The van der Waals surface area contributed by atoms with Gasteiger partial charge in [-0.2, -0.15) is 0 Å². The highest BCUT2D eigenvalue weighted by atomic mass is 31.2. The summed E-state index contributed by atoms with van der Waals surface area (Å²) in [4.78, 5) is 72.2. The lowest BCUT2D eigenvalue weighted by molar-refractivity contribution is -0.161. The fraction of sp³-hybridized carbons (Fsp3) is 0.938. The van der Waals surface area contributed by atoms with E-state index in [1.807, 2.05) is 0 Å². The average Bonchev–Trinajstić information content (AvgIpc) is 3.47. The lowest BCUT2D eigenvalue weighted by Crippen LogP contribution is -2.30. The molecule has 17 nitrogen and oxygen atoms in total. The molecule has 19 heteroatoms. The van der Waals surface area contributed by atoms with Gasteiger partial charge in [-0.15, -0.1) is 0 Å². The van der Waals surface area contributed by atoms with Gasteiger partial charge in [-0.1, -0.05) is 266 Å². The van der Waals surface area contributed by atoms with E-state index in [1.165, 1.54) is 128 Å². The zero-order valence-corrected chi connectivity index (χ0v) is 55.3. The van der Waals surface area contributed by atoms with E-state index in [4.69, 9.17) is 37.0 Å². The van der Waals surface area contributed by atoms with E-state index in [-0.39, 0.29) is 25.7 Å². The lowest BCUT2D eigenvalue weighted by atomic mass is 9.99. The number of phosphoric ester groups is 2. The third kappa shape index (κ3) is 57.6. The summed E-state index contributed by atoms with van der Waals surface area (Å²) in [7, 11) is -9.88. The van der Waals surface area contributed by atoms with Gasteiger partial charge in [0.15, 0.2) is 12.2 Å². The third-order valence-corrected chi connectivity index (χ3v) is 17.0. The molecule has 0 bridgehead atoms. The van der Waals surface area contributed by atoms with Gasteiger partial charge in [0.2, 0.25) is 0 Å². The van der Waals surface area contributed by atoms with Crippen LogP contribution in [0.5, 0.6) is 0 Å². The largest absolute Gasteiger partial charge is 0.472 e. The summed E-state index contributed by atoms with van der Waals surface area (Å²) >= 11 is 0. The van der Waals surface area contributed by atoms with Crippen molar-refractivity contribution in [3.05, 3.63) is 0 Å². The topological polar surface area (TPSA) is 237 Å². The van der Waals surface area contributed by atoms with Gasteiger partial charge in [-0.05, 0) is 37.5 Å². The Bertz CT molecular complexity index is 1630. The molecule has 0 aromatic heterocycles. The smallest absolute Gasteiger partial charge is 0.462 e. The minimum atomic E-state index is -4.94. The first-order valence-corrected chi connectivity index (χ1v) is 36.5. The van der Waals surface area contributed by atoms with Crippen LogP contribution in [-0.2, 0) is 65.4 Å². The van der Waals surface area contributed by atoms with Crippen LogP contribution < -0.4 is 0 Å². The summed E-state index contributed by atoms with van der Waals surface area (Å²) in [6.07, 6.45) is 38.9. The van der Waals surface area contributed by atoms with Gasteiger partial charge >= 0.3 is 39.5 Å². The van der Waals surface area contributed by atoms with Crippen molar-refractivity contribution >= 4 is 39.5 Å². The zero-order valence-electron chi connectivity index (χ0n) is 53.5. The first kappa shape index (κ1) is 81.1. The van der Waals surface area contributed by atoms with E-state index in [1.54, 1.807) is 0 Å². The van der Waals surface area contributed by atoms with Crippen molar-refractivity contribution in [1.82, 2.24) is 0 Å². The quantitative estimate of drug-likeness (QED) is 0.0222. The lowest BCUT2D eigenvalue weighted by Gasteiger charge is -2.21. The van der Waals surface area contributed by atoms with Gasteiger partial charge in [-0.25, -0.2) is 9.13 Å². The van der Waals surface area contributed by atoms with E-state index in [0.717, 1.165) is 102 Å². The summed E-state index contributed by atoms with van der Waals surface area (Å²) < 4.78 is 68.0. The summed E-state index contributed by atoms with van der Waals surface area (Å²) in [5.41, 5.74) is 0. The number of aliphatic hydroxyl groups is 1. The first-order valence-electron chi connectivity index (χ1n) is 33.5. The van der Waals surface area contributed by atoms with Gasteiger partial charge in [0.05, 0.1) is 26.4 Å². The summed E-state index contributed by atoms with van der Waals surface area (Å²) in [6.45, 7) is 9.42. The number of carbonyl (C=O) groups is 4. The van der Waals surface area contributed by atoms with Crippen LogP contribution in [0.3, 0.4) is 0 Å². The molecule has 0 aromatic rings. The summed E-state index contributed by atoms with van der Waals surface area (Å²) in [6, 6.07) is 0. The molecule has 492 valence electrons. The Balaban J connectivity index is 5.24. The molecular formula is C64H124O17P2. The molecule has 0 saturated carbocycles. The fourth-order valence-corrected chi connectivity index (χ4v) is 11.1. The zero-order chi connectivity index (χ0) is 61.5. The molecule has 0 amide bonds. The Morgan fingerprint density at radius 3 is 0.916 bits per heavy atom. The summed E-state index contributed by atoms with van der Waals surface area (Å²) in [5, 5.41) is 10.5. The molecule has 0 rings (SSSR count). The molecule has 0 aromatic carbocycles. The van der Waals surface area contributed by atoms with Gasteiger partial charge < -0.3 is 33.8 Å². The van der Waals surface area contributed by atoms with E-state index in [2.05, 4.69) is 41.5 Å². The van der Waals surface area contributed by atoms with Gasteiger partial charge in [0, 0.05) is 25.7 Å². The Morgan fingerprint density at radius 2 is 0.614 bits per heavy atom. The SMILES string of the molecule is CCCCCCCCCCCCC(=O)OC[C@H](COP(=O)(O)OC[C@@H](O)COP(=O)(O)OC[C@@H](COC(=O)CCCCCCCCC(C)C)OC(=O)CCCCCCCCCCCC)OC(=O)CCCCCCCCCCCCC(C)CC. The van der Waals surface area contributed by atoms with E-state index < -0.39 is 97.5 Å². The molecule has 0 fully saturated rings. The number of esters is 4. The average molecular weight is 1230 g/mol. The van der Waals surface area contributed by atoms with Crippen LogP contribution >= 0.6 is 15.6 Å². The molecule has 83 heavy (non-hydrogen) atoms. The minimum absolute atomic E-state index is 0.105. The molecule has 0 radical (unpaired) electrons. The second kappa shape index (κ2) is 56.6. The second-order valence-corrected chi connectivity index (χ2v) is 26.8. The van der Waals surface area contributed by atoms with Gasteiger partial charge in [0.1, 0.15) is 19.3 Å². The first-order chi connectivity index (χ1) is 39.9. The maximum absolute atomic E-state index is 13.0. The van der Waals surface area contributed by atoms with Crippen LogP contribution in [0.2, 0.25) is 0 Å². The maximum Gasteiger partial charge on any atom is 0.472 e. The van der Waals surface area contributed by atoms with Crippen LogP contribution in [0.4, 0.5) is 0 Å². The third-order valence-electron chi connectivity index (χ3n) is 15.1. The molecule has 3 N–H and O–H groups in total. The maximum atomic E-state index is 13.0. The normalized spacial score (nSPS) is 14.6. The second-order valence-electron chi connectivity index (χ2n) is 23.9. The van der Waals surface area contributed by atoms with Crippen molar-refractivity contribution in [1.29, 1.82) is 0 Å². The van der Waals surface area contributed by atoms with Crippen LogP contribution in [0, 0.1) is 11.8 Å². The highest BCUT2D eigenvalue weighted by Crippen LogP contribution is 2.45. The Hall–Kier alpha value is -1.94. The number of ether oxygens (including phenoxy) is 4. The predicted octanol–water partition coefficient (Wildman–Crippen LogP) is 17.7. The van der Waals surface area contributed by atoms with Crippen molar-refractivity contribution in [3.63, 3.8) is 0 Å². The number of phosphoric acid groups is 2. The molecule has 0 heterocycles. The van der Waals surface area contributed by atoms with Gasteiger partial charge in [-0.3, -0.25) is 37.3 Å². The van der Waals surface area contributed by atoms with Crippen molar-refractivity contribution < 1.29 is 80.2 Å². The van der Waals surface area contributed by atoms with Crippen molar-refractivity contribution in [2.24, 2.45) is 11.8 Å². The Morgan fingerprint density at radius 1 is 0.349 bits per heavy atom. The van der Waals surface area contributed by atoms with Crippen molar-refractivity contribution in [3.8, 4) is 0 Å². The Kier molecular flexibility index (Phi) is 55.2. The number of rotatable bonds is 63. The Labute approximate surface area is 505 Å². The number of hydrogen-bond donors (Lipinski definition) is 3. The molecule has 0 aliphatic rings. The van der Waals surface area contributed by atoms with E-state index in [0.29, 0.717) is 31.6 Å². The highest BCUT2D eigenvalue weighted by molar-refractivity contribution is 7.47. The van der Waals surface area contributed by atoms with E-state index in [9.17, 15) is 43.2 Å². The molecule has 0 aliphatic carbocycles. The van der Waals surface area contributed by atoms with Crippen LogP contribution in [0.1, 0.15) is 318 Å². The molecule has 0 aliphatic heterocycles.